The maximum Gasteiger partial charge on any atom is 0.243 e. The second-order valence-corrected chi connectivity index (χ2v) is 7.73. The van der Waals surface area contributed by atoms with Gasteiger partial charge in [0.15, 0.2) is 9.84 Å². The molecule has 2 rings (SSSR count). The van der Waals surface area contributed by atoms with E-state index in [1.54, 1.807) is 24.3 Å². The number of ether oxygens (including phenoxy) is 2. The molecular weight excluding hydrogens is 356 g/mol. The highest BCUT2D eigenvalue weighted by molar-refractivity contribution is 7.90. The van der Waals surface area contributed by atoms with Gasteiger partial charge in [0.2, 0.25) is 5.91 Å². The van der Waals surface area contributed by atoms with Crippen molar-refractivity contribution in [2.24, 2.45) is 0 Å². The van der Waals surface area contributed by atoms with Crippen molar-refractivity contribution in [1.82, 2.24) is 0 Å². The van der Waals surface area contributed by atoms with Gasteiger partial charge in [-0.1, -0.05) is 6.07 Å². The van der Waals surface area contributed by atoms with Gasteiger partial charge in [0, 0.05) is 18.0 Å². The molecule has 0 aliphatic carbocycles. The molecule has 0 aliphatic heterocycles. The fourth-order valence-corrected chi connectivity index (χ4v) is 2.95. The first-order chi connectivity index (χ1) is 12.2. The van der Waals surface area contributed by atoms with Gasteiger partial charge in [0.25, 0.3) is 0 Å². The zero-order chi connectivity index (χ0) is 19.3. The van der Waals surface area contributed by atoms with Gasteiger partial charge in [-0.05, 0) is 36.8 Å². The van der Waals surface area contributed by atoms with Crippen LogP contribution in [0, 0.1) is 6.92 Å². The molecule has 2 aromatic carbocycles. The second-order valence-electron chi connectivity index (χ2n) is 5.72. The average Bonchev–Trinajstić information content (AvgIpc) is 2.59. The number of nitrogens with one attached hydrogen (secondary N) is 2. The van der Waals surface area contributed by atoms with Gasteiger partial charge < -0.3 is 20.1 Å². The zero-order valence-corrected chi connectivity index (χ0v) is 15.9. The molecule has 0 saturated carbocycles. The predicted molar refractivity (Wildman–Crippen MR) is 101 cm³/mol. The standard InChI is InChI=1S/C18H22N2O5S/c1-12-5-7-14(26(4,22)23)10-15(12)19-11-18(21)20-16-9-13(24-2)6-8-17(16)25-3/h5-10,19H,11H2,1-4H3,(H,20,21). The summed E-state index contributed by atoms with van der Waals surface area (Å²) in [6.07, 6.45) is 1.14. The van der Waals surface area contributed by atoms with E-state index in [0.29, 0.717) is 22.9 Å². The number of hydrogen-bond acceptors (Lipinski definition) is 6. The summed E-state index contributed by atoms with van der Waals surface area (Å²) < 4.78 is 33.7. The molecule has 1 amide bonds. The largest absolute Gasteiger partial charge is 0.497 e. The minimum absolute atomic E-state index is 0.0333. The van der Waals surface area contributed by atoms with Crippen LogP contribution in [0.3, 0.4) is 0 Å². The lowest BCUT2D eigenvalue weighted by atomic mass is 10.2. The number of rotatable bonds is 7. The van der Waals surface area contributed by atoms with Gasteiger partial charge >= 0.3 is 0 Å². The van der Waals surface area contributed by atoms with Gasteiger partial charge in [0.1, 0.15) is 11.5 Å². The van der Waals surface area contributed by atoms with Gasteiger partial charge in [-0.15, -0.1) is 0 Å². The molecule has 0 spiro atoms. The molecule has 0 unspecified atom stereocenters. The van der Waals surface area contributed by atoms with Gasteiger partial charge in [-0.25, -0.2) is 8.42 Å². The summed E-state index contributed by atoms with van der Waals surface area (Å²) in [6, 6.07) is 9.84. The van der Waals surface area contributed by atoms with Crippen molar-refractivity contribution in [3.8, 4) is 11.5 Å². The molecular formula is C18H22N2O5S. The number of benzene rings is 2. The molecule has 0 fully saturated rings. The Balaban J connectivity index is 2.10. The molecule has 0 radical (unpaired) electrons. The van der Waals surface area contributed by atoms with E-state index in [2.05, 4.69) is 10.6 Å². The van der Waals surface area contributed by atoms with Crippen LogP contribution in [-0.2, 0) is 14.6 Å². The Hall–Kier alpha value is -2.74. The van der Waals surface area contributed by atoms with E-state index < -0.39 is 9.84 Å². The minimum atomic E-state index is -3.32. The van der Waals surface area contributed by atoms with Crippen LogP contribution in [0.25, 0.3) is 0 Å². The lowest BCUT2D eigenvalue weighted by Gasteiger charge is -2.14. The van der Waals surface area contributed by atoms with Crippen LogP contribution in [0.2, 0.25) is 0 Å². The van der Waals surface area contributed by atoms with Crippen LogP contribution >= 0.6 is 0 Å². The number of anilines is 2. The van der Waals surface area contributed by atoms with E-state index in [0.717, 1.165) is 11.8 Å². The SMILES string of the molecule is COc1ccc(OC)c(NC(=O)CNc2cc(S(C)(=O)=O)ccc2C)c1. The summed E-state index contributed by atoms with van der Waals surface area (Å²) in [5.41, 5.74) is 1.91. The summed E-state index contributed by atoms with van der Waals surface area (Å²) in [5.74, 6) is 0.792. The number of amides is 1. The van der Waals surface area contributed by atoms with Crippen molar-refractivity contribution in [3.63, 3.8) is 0 Å². The van der Waals surface area contributed by atoms with Crippen molar-refractivity contribution in [3.05, 3.63) is 42.0 Å². The number of hydrogen-bond donors (Lipinski definition) is 2. The van der Waals surface area contributed by atoms with Crippen molar-refractivity contribution >= 4 is 27.1 Å². The maximum atomic E-state index is 12.3. The summed E-state index contributed by atoms with van der Waals surface area (Å²) in [6.45, 7) is 1.80. The maximum absolute atomic E-state index is 12.3. The van der Waals surface area contributed by atoms with Crippen molar-refractivity contribution < 1.29 is 22.7 Å². The molecule has 2 N–H and O–H groups in total. The zero-order valence-electron chi connectivity index (χ0n) is 15.1. The number of carbonyl (C=O) groups excluding carboxylic acids is 1. The molecule has 7 nitrogen and oxygen atoms in total. The molecule has 0 saturated heterocycles. The molecule has 0 aromatic heterocycles. The first kappa shape index (κ1) is 19.6. The fraction of sp³-hybridized carbons (Fsp3) is 0.278. The van der Waals surface area contributed by atoms with E-state index in [9.17, 15) is 13.2 Å². The van der Waals surface area contributed by atoms with Gasteiger partial charge in [-0.3, -0.25) is 4.79 Å². The quantitative estimate of drug-likeness (QED) is 0.769. The Kier molecular flexibility index (Phi) is 6.10. The Labute approximate surface area is 153 Å². The molecule has 0 atom stereocenters. The van der Waals surface area contributed by atoms with E-state index in [4.69, 9.17) is 9.47 Å². The molecule has 2 aromatic rings. The highest BCUT2D eigenvalue weighted by Gasteiger charge is 2.12. The number of aryl methyl sites for hydroxylation is 1. The number of carbonyl (C=O) groups is 1. The van der Waals surface area contributed by atoms with Crippen molar-refractivity contribution in [2.75, 3.05) is 37.7 Å². The van der Waals surface area contributed by atoms with Gasteiger partial charge in [0.05, 0.1) is 31.3 Å². The minimum Gasteiger partial charge on any atom is -0.497 e. The third kappa shape index (κ3) is 4.89. The lowest BCUT2D eigenvalue weighted by Crippen LogP contribution is -2.22. The van der Waals surface area contributed by atoms with Crippen LogP contribution in [0.4, 0.5) is 11.4 Å². The second kappa shape index (κ2) is 8.09. The number of sulfone groups is 1. The third-order valence-corrected chi connectivity index (χ3v) is 4.87. The molecule has 26 heavy (non-hydrogen) atoms. The first-order valence-electron chi connectivity index (χ1n) is 7.81. The monoisotopic (exact) mass is 378 g/mol. The highest BCUT2D eigenvalue weighted by Crippen LogP contribution is 2.28. The summed E-state index contributed by atoms with van der Waals surface area (Å²) in [4.78, 5) is 12.5. The Morgan fingerprint density at radius 1 is 1.04 bits per heavy atom. The summed E-state index contributed by atoms with van der Waals surface area (Å²) in [7, 11) is -0.273. The van der Waals surface area contributed by atoms with Crippen LogP contribution in [0.15, 0.2) is 41.3 Å². The Morgan fingerprint density at radius 3 is 2.38 bits per heavy atom. The molecule has 140 valence electrons. The molecule has 0 bridgehead atoms. The third-order valence-electron chi connectivity index (χ3n) is 3.76. The summed E-state index contributed by atoms with van der Waals surface area (Å²) in [5, 5.41) is 5.71. The topological polar surface area (TPSA) is 93.7 Å². The molecule has 0 heterocycles. The van der Waals surface area contributed by atoms with E-state index in [1.165, 1.54) is 26.4 Å². The average molecular weight is 378 g/mol. The molecule has 8 heteroatoms. The van der Waals surface area contributed by atoms with Crippen molar-refractivity contribution in [1.29, 1.82) is 0 Å². The van der Waals surface area contributed by atoms with E-state index in [1.807, 2.05) is 6.92 Å². The normalized spacial score (nSPS) is 10.9. The van der Waals surface area contributed by atoms with E-state index >= 15 is 0 Å². The van der Waals surface area contributed by atoms with E-state index in [-0.39, 0.29) is 17.3 Å². The van der Waals surface area contributed by atoms with Crippen LogP contribution in [0.1, 0.15) is 5.56 Å². The highest BCUT2D eigenvalue weighted by atomic mass is 32.2. The first-order valence-corrected chi connectivity index (χ1v) is 9.70. The molecule has 0 aliphatic rings. The Morgan fingerprint density at radius 2 is 1.77 bits per heavy atom. The lowest BCUT2D eigenvalue weighted by molar-refractivity contribution is -0.114. The van der Waals surface area contributed by atoms with Crippen LogP contribution in [0.5, 0.6) is 11.5 Å². The van der Waals surface area contributed by atoms with Crippen molar-refractivity contribution in [2.45, 2.75) is 11.8 Å². The van der Waals surface area contributed by atoms with Gasteiger partial charge in [-0.2, -0.15) is 0 Å². The smallest absolute Gasteiger partial charge is 0.243 e. The Bertz CT molecular complexity index is 910. The van der Waals surface area contributed by atoms with Crippen LogP contribution in [-0.4, -0.2) is 41.3 Å². The number of methoxy groups -OCH3 is 2. The summed E-state index contributed by atoms with van der Waals surface area (Å²) >= 11 is 0. The van der Waals surface area contributed by atoms with Crippen LogP contribution < -0.4 is 20.1 Å². The fourth-order valence-electron chi connectivity index (χ4n) is 2.30. The predicted octanol–water partition coefficient (Wildman–Crippen LogP) is 2.47.